The predicted molar refractivity (Wildman–Crippen MR) is 61.3 cm³/mol. The van der Waals surface area contributed by atoms with Gasteiger partial charge in [0.2, 0.25) is 0 Å². The Balaban J connectivity index is 3.81. The van der Waals surface area contributed by atoms with Crippen LogP contribution in [0.2, 0.25) is 0 Å². The van der Waals surface area contributed by atoms with E-state index in [4.69, 9.17) is 20.3 Å². The second-order valence-corrected chi connectivity index (χ2v) is 3.85. The molecule has 0 fully saturated rings. The highest BCUT2D eigenvalue weighted by Crippen LogP contribution is 2.25. The van der Waals surface area contributed by atoms with Gasteiger partial charge >= 0.3 is 5.97 Å². The van der Waals surface area contributed by atoms with E-state index in [9.17, 15) is 4.79 Å². The highest BCUT2D eigenvalue weighted by atomic mass is 16.5. The second-order valence-electron chi connectivity index (χ2n) is 3.85. The van der Waals surface area contributed by atoms with E-state index in [2.05, 4.69) is 0 Å². The van der Waals surface area contributed by atoms with Crippen molar-refractivity contribution in [1.82, 2.24) is 0 Å². The largest absolute Gasteiger partial charge is 0.481 e. The first-order valence-electron chi connectivity index (χ1n) is 5.63. The number of hydrogen-bond acceptors (Lipinski definition) is 4. The molecule has 0 radical (unpaired) electrons. The fourth-order valence-corrected chi connectivity index (χ4v) is 1.44. The molecule has 0 bridgehead atoms. The zero-order valence-corrected chi connectivity index (χ0v) is 10.2. The van der Waals surface area contributed by atoms with E-state index < -0.39 is 11.4 Å². The van der Waals surface area contributed by atoms with Crippen LogP contribution in [0.4, 0.5) is 0 Å². The molecule has 5 nitrogen and oxygen atoms in total. The van der Waals surface area contributed by atoms with Crippen LogP contribution < -0.4 is 5.73 Å². The maximum atomic E-state index is 11.1. The molecule has 5 heteroatoms. The summed E-state index contributed by atoms with van der Waals surface area (Å²) < 4.78 is 10.2. The SMILES string of the molecule is CCC(CN)(CCOCCCOC)C(=O)O. The number of carbonyl (C=O) groups is 1. The van der Waals surface area contributed by atoms with E-state index in [1.165, 1.54) is 0 Å². The van der Waals surface area contributed by atoms with Crippen LogP contribution in [0.25, 0.3) is 0 Å². The lowest BCUT2D eigenvalue weighted by Crippen LogP contribution is -2.39. The monoisotopic (exact) mass is 233 g/mol. The smallest absolute Gasteiger partial charge is 0.310 e. The van der Waals surface area contributed by atoms with Crippen molar-refractivity contribution in [3.63, 3.8) is 0 Å². The standard InChI is InChI=1S/C11H23NO4/c1-3-11(9-12,10(13)14)5-8-16-7-4-6-15-2/h3-9,12H2,1-2H3,(H,13,14). The third kappa shape index (κ3) is 4.92. The van der Waals surface area contributed by atoms with Gasteiger partial charge in [0.15, 0.2) is 0 Å². The summed E-state index contributed by atoms with van der Waals surface area (Å²) in [5.41, 5.74) is 4.69. The molecule has 0 aromatic carbocycles. The Morgan fingerprint density at radius 1 is 1.38 bits per heavy atom. The summed E-state index contributed by atoms with van der Waals surface area (Å²) in [6.07, 6.45) is 1.81. The van der Waals surface area contributed by atoms with Gasteiger partial charge in [0.25, 0.3) is 0 Å². The molecule has 16 heavy (non-hydrogen) atoms. The highest BCUT2D eigenvalue weighted by Gasteiger charge is 2.34. The number of ether oxygens (including phenoxy) is 2. The minimum atomic E-state index is -0.835. The van der Waals surface area contributed by atoms with Crippen LogP contribution in [-0.4, -0.2) is 44.6 Å². The lowest BCUT2D eigenvalue weighted by Gasteiger charge is -2.26. The van der Waals surface area contributed by atoms with E-state index >= 15 is 0 Å². The average Bonchev–Trinajstić information content (AvgIpc) is 2.28. The molecule has 3 N–H and O–H groups in total. The minimum Gasteiger partial charge on any atom is -0.481 e. The van der Waals surface area contributed by atoms with Gasteiger partial charge in [-0.05, 0) is 19.3 Å². The van der Waals surface area contributed by atoms with Crippen LogP contribution in [-0.2, 0) is 14.3 Å². The van der Waals surface area contributed by atoms with Crippen LogP contribution in [0, 0.1) is 5.41 Å². The van der Waals surface area contributed by atoms with Crippen molar-refractivity contribution in [3.8, 4) is 0 Å². The van der Waals surface area contributed by atoms with E-state index in [0.717, 1.165) is 6.42 Å². The van der Waals surface area contributed by atoms with Crippen molar-refractivity contribution in [2.45, 2.75) is 26.2 Å². The van der Waals surface area contributed by atoms with Crippen molar-refractivity contribution >= 4 is 5.97 Å². The summed E-state index contributed by atoms with van der Waals surface area (Å²) in [6.45, 7) is 3.68. The Labute approximate surface area is 96.9 Å². The molecule has 0 aliphatic heterocycles. The predicted octanol–water partition coefficient (Wildman–Crippen LogP) is 0.869. The molecule has 0 aliphatic rings. The maximum absolute atomic E-state index is 11.1. The Morgan fingerprint density at radius 2 is 2.06 bits per heavy atom. The molecule has 0 aromatic heterocycles. The zero-order valence-electron chi connectivity index (χ0n) is 10.2. The molecular formula is C11H23NO4. The summed E-state index contributed by atoms with van der Waals surface area (Å²) >= 11 is 0. The lowest BCUT2D eigenvalue weighted by molar-refractivity contribution is -0.149. The first-order chi connectivity index (χ1) is 7.63. The van der Waals surface area contributed by atoms with Gasteiger partial charge in [0.1, 0.15) is 0 Å². The molecule has 96 valence electrons. The van der Waals surface area contributed by atoms with Crippen LogP contribution in [0.1, 0.15) is 26.2 Å². The lowest BCUT2D eigenvalue weighted by atomic mass is 9.82. The molecule has 0 aromatic rings. The molecular weight excluding hydrogens is 210 g/mol. The van der Waals surface area contributed by atoms with Crippen molar-refractivity contribution in [2.75, 3.05) is 33.5 Å². The second kappa shape index (κ2) is 8.50. The number of carboxylic acid groups (broad SMARTS) is 1. The van der Waals surface area contributed by atoms with E-state index in [1.54, 1.807) is 7.11 Å². The third-order valence-electron chi connectivity index (χ3n) is 2.88. The maximum Gasteiger partial charge on any atom is 0.310 e. The summed E-state index contributed by atoms with van der Waals surface area (Å²) in [5, 5.41) is 9.11. The zero-order chi connectivity index (χ0) is 12.4. The Hall–Kier alpha value is -0.650. The summed E-state index contributed by atoms with van der Waals surface area (Å²) in [5.74, 6) is -0.835. The fraction of sp³-hybridized carbons (Fsp3) is 0.909. The van der Waals surface area contributed by atoms with Crippen molar-refractivity contribution in [1.29, 1.82) is 0 Å². The van der Waals surface area contributed by atoms with Gasteiger partial charge in [0, 0.05) is 33.5 Å². The van der Waals surface area contributed by atoms with Gasteiger partial charge in [-0.25, -0.2) is 0 Å². The fourth-order valence-electron chi connectivity index (χ4n) is 1.44. The molecule has 0 aliphatic carbocycles. The molecule has 0 heterocycles. The van der Waals surface area contributed by atoms with Crippen LogP contribution in [0.15, 0.2) is 0 Å². The number of rotatable bonds is 10. The van der Waals surface area contributed by atoms with Crippen molar-refractivity contribution < 1.29 is 19.4 Å². The van der Waals surface area contributed by atoms with Gasteiger partial charge in [-0.15, -0.1) is 0 Å². The van der Waals surface area contributed by atoms with E-state index in [0.29, 0.717) is 32.7 Å². The normalized spacial score (nSPS) is 14.7. The molecule has 1 unspecified atom stereocenters. The van der Waals surface area contributed by atoms with Gasteiger partial charge in [-0.1, -0.05) is 6.92 Å². The quantitative estimate of drug-likeness (QED) is 0.547. The van der Waals surface area contributed by atoms with Crippen molar-refractivity contribution in [3.05, 3.63) is 0 Å². The molecule has 0 rings (SSSR count). The Bertz CT molecular complexity index is 192. The van der Waals surface area contributed by atoms with Gasteiger partial charge < -0.3 is 20.3 Å². The third-order valence-corrected chi connectivity index (χ3v) is 2.88. The Kier molecular flexibility index (Phi) is 8.15. The highest BCUT2D eigenvalue weighted by molar-refractivity contribution is 5.74. The van der Waals surface area contributed by atoms with E-state index in [-0.39, 0.29) is 6.54 Å². The first-order valence-corrected chi connectivity index (χ1v) is 5.63. The molecule has 0 amide bonds. The molecule has 0 spiro atoms. The summed E-state index contributed by atoms with van der Waals surface area (Å²) in [7, 11) is 1.64. The number of aliphatic carboxylic acids is 1. The average molecular weight is 233 g/mol. The minimum absolute atomic E-state index is 0.153. The molecule has 1 atom stereocenters. The van der Waals surface area contributed by atoms with Crippen LogP contribution >= 0.6 is 0 Å². The van der Waals surface area contributed by atoms with Crippen LogP contribution in [0.5, 0.6) is 0 Å². The Morgan fingerprint density at radius 3 is 2.50 bits per heavy atom. The topological polar surface area (TPSA) is 81.8 Å². The van der Waals surface area contributed by atoms with E-state index in [1.807, 2.05) is 6.92 Å². The molecule has 0 saturated heterocycles. The number of methoxy groups -OCH3 is 1. The number of hydrogen-bond donors (Lipinski definition) is 2. The van der Waals surface area contributed by atoms with Gasteiger partial charge in [-0.2, -0.15) is 0 Å². The number of carboxylic acids is 1. The summed E-state index contributed by atoms with van der Waals surface area (Å²) in [6, 6.07) is 0. The number of nitrogens with two attached hydrogens (primary N) is 1. The van der Waals surface area contributed by atoms with Crippen molar-refractivity contribution in [2.24, 2.45) is 11.1 Å². The van der Waals surface area contributed by atoms with Gasteiger partial charge in [-0.3, -0.25) is 4.79 Å². The summed E-state index contributed by atoms with van der Waals surface area (Å²) in [4.78, 5) is 11.1. The molecule has 0 saturated carbocycles. The van der Waals surface area contributed by atoms with Gasteiger partial charge in [0.05, 0.1) is 5.41 Å². The van der Waals surface area contributed by atoms with Crippen LogP contribution in [0.3, 0.4) is 0 Å². The first kappa shape index (κ1) is 15.3.